The second kappa shape index (κ2) is 7.74. The molecular weight excluding hydrogens is 372 g/mol. The van der Waals surface area contributed by atoms with Crippen LogP contribution in [0.2, 0.25) is 0 Å². The van der Waals surface area contributed by atoms with Crippen LogP contribution in [0.4, 0.5) is 5.13 Å². The zero-order valence-corrected chi connectivity index (χ0v) is 16.1. The summed E-state index contributed by atoms with van der Waals surface area (Å²) in [5.41, 5.74) is 3.41. The summed E-state index contributed by atoms with van der Waals surface area (Å²) in [5.74, 6) is -0.297. The first kappa shape index (κ1) is 18.1. The maximum absolute atomic E-state index is 12.5. The van der Waals surface area contributed by atoms with Crippen molar-refractivity contribution in [2.24, 2.45) is 0 Å². The molecule has 0 spiro atoms. The molecule has 1 N–H and O–H groups in total. The van der Waals surface area contributed by atoms with Gasteiger partial charge in [-0.05, 0) is 24.6 Å². The molecule has 0 aliphatic heterocycles. The molecule has 4 rings (SSSR count). The van der Waals surface area contributed by atoms with Crippen LogP contribution in [-0.2, 0) is 17.8 Å². The number of fused-ring (bicyclic) bond motifs is 1. The second-order valence-corrected chi connectivity index (χ2v) is 7.63. The minimum Gasteiger partial charge on any atom is -0.300 e. The number of nitrogens with one attached hydrogen (secondary N) is 1. The molecule has 2 aromatic heterocycles. The van der Waals surface area contributed by atoms with Crippen LogP contribution < -0.4 is 10.9 Å². The largest absolute Gasteiger partial charge is 0.300 e. The Bertz CT molecular complexity index is 1190. The van der Waals surface area contributed by atoms with Gasteiger partial charge in [0.25, 0.3) is 5.56 Å². The van der Waals surface area contributed by atoms with Gasteiger partial charge in [0, 0.05) is 17.5 Å². The molecule has 0 aliphatic rings. The molecule has 6 nitrogen and oxygen atoms in total. The van der Waals surface area contributed by atoms with Crippen molar-refractivity contribution in [1.82, 2.24) is 14.5 Å². The monoisotopic (exact) mass is 390 g/mol. The zero-order chi connectivity index (χ0) is 19.5. The summed E-state index contributed by atoms with van der Waals surface area (Å²) in [6, 6.07) is 15.6. The van der Waals surface area contributed by atoms with Crippen molar-refractivity contribution in [2.45, 2.75) is 19.9 Å². The number of nitrogens with zero attached hydrogens (tertiary/aromatic N) is 3. The number of hydrogen-bond donors (Lipinski definition) is 1. The number of para-hydroxylation sites is 2. The van der Waals surface area contributed by atoms with E-state index in [0.29, 0.717) is 16.2 Å². The van der Waals surface area contributed by atoms with Gasteiger partial charge in [-0.25, -0.2) is 9.97 Å². The molecule has 0 radical (unpaired) electrons. The molecular formula is C21H18N4O2S. The quantitative estimate of drug-likeness (QED) is 0.567. The number of aromatic nitrogens is 3. The summed E-state index contributed by atoms with van der Waals surface area (Å²) in [7, 11) is 0. The van der Waals surface area contributed by atoms with Crippen LogP contribution in [0, 0.1) is 6.92 Å². The SMILES string of the molecule is Cc1ccc(Cc2cnc(NC(=O)Cn3c(=O)cnc4ccccc43)s2)cc1. The highest BCUT2D eigenvalue weighted by Crippen LogP contribution is 2.21. The normalized spacial score (nSPS) is 10.9. The summed E-state index contributed by atoms with van der Waals surface area (Å²) in [6.45, 7) is 1.97. The highest BCUT2D eigenvalue weighted by atomic mass is 32.1. The van der Waals surface area contributed by atoms with E-state index in [1.165, 1.54) is 33.2 Å². The summed E-state index contributed by atoms with van der Waals surface area (Å²) in [6.07, 6.45) is 3.77. The Labute approximate surface area is 165 Å². The third-order valence-corrected chi connectivity index (χ3v) is 5.27. The third-order valence-electron chi connectivity index (χ3n) is 4.35. The molecule has 1 amide bonds. The van der Waals surface area contributed by atoms with E-state index in [4.69, 9.17) is 0 Å². The van der Waals surface area contributed by atoms with Crippen LogP contribution in [-0.4, -0.2) is 20.4 Å². The Morgan fingerprint density at radius 2 is 1.86 bits per heavy atom. The lowest BCUT2D eigenvalue weighted by molar-refractivity contribution is -0.116. The van der Waals surface area contributed by atoms with E-state index in [1.54, 1.807) is 18.3 Å². The standard InChI is InChI=1S/C21H18N4O2S/c1-14-6-8-15(9-7-14)10-16-11-23-21(28-16)24-19(26)13-25-18-5-3-2-4-17(18)22-12-20(25)27/h2-9,11-12H,10,13H2,1H3,(H,23,24,26). The van der Waals surface area contributed by atoms with Crippen LogP contribution in [0.5, 0.6) is 0 Å². The molecule has 140 valence electrons. The van der Waals surface area contributed by atoms with E-state index in [-0.39, 0.29) is 18.0 Å². The number of amides is 1. The van der Waals surface area contributed by atoms with Gasteiger partial charge in [-0.3, -0.25) is 14.2 Å². The number of aryl methyl sites for hydroxylation is 1. The lowest BCUT2D eigenvalue weighted by atomic mass is 10.1. The lowest BCUT2D eigenvalue weighted by Crippen LogP contribution is -2.27. The number of benzene rings is 2. The van der Waals surface area contributed by atoms with Crippen LogP contribution in [0.3, 0.4) is 0 Å². The molecule has 0 saturated carbocycles. The van der Waals surface area contributed by atoms with Crippen molar-refractivity contribution >= 4 is 33.4 Å². The van der Waals surface area contributed by atoms with Gasteiger partial charge in [0.15, 0.2) is 5.13 Å². The molecule has 4 aromatic rings. The number of rotatable bonds is 5. The molecule has 2 heterocycles. The fourth-order valence-corrected chi connectivity index (χ4v) is 3.80. The second-order valence-electron chi connectivity index (χ2n) is 6.51. The first-order valence-corrected chi connectivity index (χ1v) is 9.65. The number of thiazole rings is 1. The Balaban J connectivity index is 1.46. The Kier molecular flexibility index (Phi) is 4.99. The van der Waals surface area contributed by atoms with Gasteiger partial charge in [0.1, 0.15) is 6.54 Å². The summed E-state index contributed by atoms with van der Waals surface area (Å²) >= 11 is 1.44. The summed E-state index contributed by atoms with van der Waals surface area (Å²) < 4.78 is 1.42. The molecule has 2 aromatic carbocycles. The Morgan fingerprint density at radius 3 is 2.68 bits per heavy atom. The van der Waals surface area contributed by atoms with Crippen LogP contribution in [0.25, 0.3) is 11.0 Å². The minimum atomic E-state index is -0.312. The van der Waals surface area contributed by atoms with Gasteiger partial charge in [-0.2, -0.15) is 0 Å². The van der Waals surface area contributed by atoms with Crippen molar-refractivity contribution in [3.8, 4) is 0 Å². The summed E-state index contributed by atoms with van der Waals surface area (Å²) in [4.78, 5) is 34.1. The van der Waals surface area contributed by atoms with Gasteiger partial charge in [0.2, 0.25) is 5.91 Å². The first-order chi connectivity index (χ1) is 13.6. The zero-order valence-electron chi connectivity index (χ0n) is 15.3. The van der Waals surface area contributed by atoms with Gasteiger partial charge in [-0.1, -0.05) is 42.0 Å². The van der Waals surface area contributed by atoms with Crippen molar-refractivity contribution in [3.63, 3.8) is 0 Å². The molecule has 0 bridgehead atoms. The van der Waals surface area contributed by atoms with Crippen molar-refractivity contribution in [1.29, 1.82) is 0 Å². The molecule has 0 saturated heterocycles. The predicted molar refractivity (Wildman–Crippen MR) is 111 cm³/mol. The fourth-order valence-electron chi connectivity index (χ4n) is 2.93. The molecule has 7 heteroatoms. The van der Waals surface area contributed by atoms with Crippen LogP contribution in [0.15, 0.2) is 65.7 Å². The molecule has 0 aliphatic carbocycles. The fraction of sp³-hybridized carbons (Fsp3) is 0.143. The maximum atomic E-state index is 12.5. The molecule has 28 heavy (non-hydrogen) atoms. The van der Waals surface area contributed by atoms with Crippen molar-refractivity contribution < 1.29 is 4.79 Å². The van der Waals surface area contributed by atoms with Gasteiger partial charge in [0.05, 0.1) is 17.2 Å². The van der Waals surface area contributed by atoms with E-state index >= 15 is 0 Å². The maximum Gasteiger partial charge on any atom is 0.269 e. The smallest absolute Gasteiger partial charge is 0.269 e. The van der Waals surface area contributed by atoms with Gasteiger partial charge >= 0.3 is 0 Å². The number of carbonyl (C=O) groups excluding carboxylic acids is 1. The van der Waals surface area contributed by atoms with Gasteiger partial charge < -0.3 is 5.32 Å². The van der Waals surface area contributed by atoms with E-state index in [0.717, 1.165) is 11.3 Å². The number of carbonyl (C=O) groups is 1. The van der Waals surface area contributed by atoms with E-state index < -0.39 is 0 Å². The highest BCUT2D eigenvalue weighted by molar-refractivity contribution is 7.15. The first-order valence-electron chi connectivity index (χ1n) is 8.83. The van der Waals surface area contributed by atoms with Crippen LogP contribution in [0.1, 0.15) is 16.0 Å². The minimum absolute atomic E-state index is 0.0885. The van der Waals surface area contributed by atoms with Gasteiger partial charge in [-0.15, -0.1) is 11.3 Å². The average molecular weight is 390 g/mol. The number of hydrogen-bond acceptors (Lipinski definition) is 5. The van der Waals surface area contributed by atoms with E-state index in [1.807, 2.05) is 12.1 Å². The summed E-state index contributed by atoms with van der Waals surface area (Å²) in [5, 5.41) is 3.31. The Morgan fingerprint density at radius 1 is 1.07 bits per heavy atom. The Hall–Kier alpha value is -3.32. The average Bonchev–Trinajstić information content (AvgIpc) is 3.12. The van der Waals surface area contributed by atoms with Crippen molar-refractivity contribution in [3.05, 3.63) is 87.3 Å². The molecule has 0 atom stereocenters. The highest BCUT2D eigenvalue weighted by Gasteiger charge is 2.11. The number of anilines is 1. The third kappa shape index (κ3) is 3.99. The van der Waals surface area contributed by atoms with E-state index in [2.05, 4.69) is 46.5 Å². The van der Waals surface area contributed by atoms with Crippen molar-refractivity contribution in [2.75, 3.05) is 5.32 Å². The van der Waals surface area contributed by atoms with E-state index in [9.17, 15) is 9.59 Å². The predicted octanol–water partition coefficient (Wildman–Crippen LogP) is 3.39. The topological polar surface area (TPSA) is 76.9 Å². The van der Waals surface area contributed by atoms with Crippen LogP contribution >= 0.6 is 11.3 Å². The molecule has 0 unspecified atom stereocenters. The lowest BCUT2D eigenvalue weighted by Gasteiger charge is -2.08. The molecule has 0 fully saturated rings.